The molecule has 0 unspecified atom stereocenters. The van der Waals surface area contributed by atoms with Crippen LogP contribution in [0.25, 0.3) is 0 Å². The molecule has 0 aromatic carbocycles. The first-order chi connectivity index (χ1) is 14.9. The van der Waals surface area contributed by atoms with Crippen LogP contribution >= 0.6 is 11.6 Å². The number of rotatable bonds is 6. The average Bonchev–Trinajstić information content (AvgIpc) is 2.77. The lowest BCUT2D eigenvalue weighted by molar-refractivity contribution is 0.123. The maximum Gasteiger partial charge on any atom is 0.287 e. The van der Waals surface area contributed by atoms with Crippen LogP contribution in [-0.4, -0.2) is 60.0 Å². The van der Waals surface area contributed by atoms with Crippen molar-refractivity contribution < 1.29 is 17.9 Å². The quantitative estimate of drug-likeness (QED) is 0.685. The molecule has 1 atom stereocenters. The van der Waals surface area contributed by atoms with Gasteiger partial charge in [0.25, 0.3) is 5.56 Å². The summed E-state index contributed by atoms with van der Waals surface area (Å²) in [7, 11) is -3.22. The number of nitrogens with zero attached hydrogens (tertiary/aromatic N) is 3. The summed E-state index contributed by atoms with van der Waals surface area (Å²) in [4.78, 5) is 17.0. The normalized spacial score (nSPS) is 25.6. The minimum Gasteiger partial charge on any atom is -0.474 e. The number of pyridine rings is 1. The molecule has 2 fully saturated rings. The molecule has 1 saturated carbocycles. The van der Waals surface area contributed by atoms with Gasteiger partial charge in [-0.25, -0.2) is 18.1 Å². The average molecular weight is 469 g/mol. The highest BCUT2D eigenvalue weighted by Crippen LogP contribution is 2.30. The Kier molecular flexibility index (Phi) is 6.78. The molecule has 9 nitrogen and oxygen atoms in total. The fraction of sp³-hybridized carbons (Fsp3) is 0.550. The van der Waals surface area contributed by atoms with Crippen molar-refractivity contribution >= 4 is 27.1 Å². The highest BCUT2D eigenvalue weighted by atomic mass is 35.5. The van der Waals surface area contributed by atoms with Crippen molar-refractivity contribution in [1.29, 1.82) is 0 Å². The molecule has 2 aromatic heterocycles. The molecule has 1 aliphatic carbocycles. The molecule has 168 valence electrons. The van der Waals surface area contributed by atoms with Crippen LogP contribution in [-0.2, 0) is 14.6 Å². The molecule has 0 spiro atoms. The van der Waals surface area contributed by atoms with Gasteiger partial charge in [0, 0.05) is 18.8 Å². The van der Waals surface area contributed by atoms with E-state index in [-0.39, 0.29) is 48.2 Å². The van der Waals surface area contributed by atoms with Gasteiger partial charge in [-0.2, -0.15) is 5.10 Å². The smallest absolute Gasteiger partial charge is 0.287 e. The second-order valence-corrected chi connectivity index (χ2v) is 10.6. The van der Waals surface area contributed by atoms with Crippen molar-refractivity contribution in [3.05, 3.63) is 46.0 Å². The van der Waals surface area contributed by atoms with Gasteiger partial charge >= 0.3 is 0 Å². The van der Waals surface area contributed by atoms with Gasteiger partial charge in [0.15, 0.2) is 9.84 Å². The van der Waals surface area contributed by atoms with Crippen LogP contribution in [0.3, 0.4) is 0 Å². The van der Waals surface area contributed by atoms with Gasteiger partial charge in [0.05, 0.1) is 36.9 Å². The van der Waals surface area contributed by atoms with Crippen LogP contribution in [0.15, 0.2) is 35.4 Å². The summed E-state index contributed by atoms with van der Waals surface area (Å²) < 4.78 is 36.8. The summed E-state index contributed by atoms with van der Waals surface area (Å²) in [6, 6.07) is 5.49. The Morgan fingerprint density at radius 1 is 1.26 bits per heavy atom. The minimum absolute atomic E-state index is 0.000350. The number of sulfone groups is 1. The zero-order chi connectivity index (χ0) is 21.8. The Morgan fingerprint density at radius 2 is 2.06 bits per heavy atom. The van der Waals surface area contributed by atoms with E-state index in [4.69, 9.17) is 21.1 Å². The molecule has 2 aliphatic rings. The van der Waals surface area contributed by atoms with Gasteiger partial charge in [-0.15, -0.1) is 0 Å². The van der Waals surface area contributed by atoms with E-state index in [9.17, 15) is 13.2 Å². The predicted octanol–water partition coefficient (Wildman–Crippen LogP) is 2.08. The van der Waals surface area contributed by atoms with Gasteiger partial charge < -0.3 is 14.8 Å². The lowest BCUT2D eigenvalue weighted by Crippen LogP contribution is -2.41. The molecular formula is C20H25ClN4O5S. The highest BCUT2D eigenvalue weighted by Gasteiger charge is 2.30. The molecule has 0 bridgehead atoms. The third kappa shape index (κ3) is 5.19. The Labute approximate surface area is 185 Å². The van der Waals surface area contributed by atoms with Crippen molar-refractivity contribution in [3.8, 4) is 5.88 Å². The van der Waals surface area contributed by atoms with Gasteiger partial charge in [-0.3, -0.25) is 4.79 Å². The third-order valence-electron chi connectivity index (χ3n) is 5.70. The molecule has 4 rings (SSSR count). The standard InChI is InChI=1S/C20H25ClN4O5S/c21-19-17(23-11-16-13-29-9-10-31(16,27)28)12-24-25(20(19)26)14-4-6-15(7-5-14)30-18-3-1-2-8-22-18/h1-3,8,12,14-16,23H,4-7,9-11,13H2/t14-,15-,16-/m1/s1. The van der Waals surface area contributed by atoms with E-state index >= 15 is 0 Å². The first kappa shape index (κ1) is 22.0. The van der Waals surface area contributed by atoms with Crippen LogP contribution < -0.4 is 15.6 Å². The van der Waals surface area contributed by atoms with Gasteiger partial charge in [0.1, 0.15) is 16.4 Å². The van der Waals surface area contributed by atoms with E-state index in [0.717, 1.165) is 25.7 Å². The van der Waals surface area contributed by atoms with Crippen LogP contribution in [0.1, 0.15) is 31.7 Å². The molecule has 1 aliphatic heterocycles. The largest absolute Gasteiger partial charge is 0.474 e. The zero-order valence-electron chi connectivity index (χ0n) is 16.9. The summed E-state index contributed by atoms with van der Waals surface area (Å²) in [5, 5.41) is 6.58. The van der Waals surface area contributed by atoms with Gasteiger partial charge in [0.2, 0.25) is 5.88 Å². The Morgan fingerprint density at radius 3 is 2.77 bits per heavy atom. The highest BCUT2D eigenvalue weighted by molar-refractivity contribution is 7.92. The molecule has 1 N–H and O–H groups in total. The number of hydrogen-bond acceptors (Lipinski definition) is 8. The second-order valence-electron chi connectivity index (χ2n) is 7.78. The van der Waals surface area contributed by atoms with Crippen molar-refractivity contribution in [2.24, 2.45) is 0 Å². The van der Waals surface area contributed by atoms with Crippen molar-refractivity contribution in [1.82, 2.24) is 14.8 Å². The summed E-state index contributed by atoms with van der Waals surface area (Å²) in [5.74, 6) is 0.602. The predicted molar refractivity (Wildman–Crippen MR) is 117 cm³/mol. The molecule has 0 amide bonds. The maximum atomic E-state index is 12.8. The number of halogens is 1. The molecule has 3 heterocycles. The molecular weight excluding hydrogens is 444 g/mol. The number of anilines is 1. The van der Waals surface area contributed by atoms with E-state index in [1.54, 1.807) is 6.20 Å². The molecule has 31 heavy (non-hydrogen) atoms. The number of nitrogens with one attached hydrogen (secondary N) is 1. The van der Waals surface area contributed by atoms with Crippen LogP contribution in [0, 0.1) is 0 Å². The van der Waals surface area contributed by atoms with E-state index in [0.29, 0.717) is 11.6 Å². The third-order valence-corrected chi connectivity index (χ3v) is 8.12. The van der Waals surface area contributed by atoms with Crippen molar-refractivity contribution in [2.45, 2.75) is 43.1 Å². The van der Waals surface area contributed by atoms with E-state index in [1.165, 1.54) is 10.9 Å². The SMILES string of the molecule is O=c1c(Cl)c(NC[C@@H]2COCCS2(=O)=O)cnn1[C@H]1CC[C@H](Oc2ccccn2)CC1. The topological polar surface area (TPSA) is 112 Å². The fourth-order valence-corrected chi connectivity index (χ4v) is 5.42. The van der Waals surface area contributed by atoms with E-state index in [1.807, 2.05) is 18.2 Å². The Hall–Kier alpha value is -2.17. The lowest BCUT2D eigenvalue weighted by atomic mass is 9.93. The molecule has 1 saturated heterocycles. The lowest BCUT2D eigenvalue weighted by Gasteiger charge is -2.29. The van der Waals surface area contributed by atoms with E-state index < -0.39 is 15.1 Å². The molecule has 0 radical (unpaired) electrons. The van der Waals surface area contributed by atoms with Crippen LogP contribution in [0.2, 0.25) is 5.02 Å². The number of aromatic nitrogens is 3. The first-order valence-electron chi connectivity index (χ1n) is 10.3. The number of hydrogen-bond donors (Lipinski definition) is 1. The van der Waals surface area contributed by atoms with E-state index in [2.05, 4.69) is 15.4 Å². The van der Waals surface area contributed by atoms with Crippen molar-refractivity contribution in [3.63, 3.8) is 0 Å². The monoisotopic (exact) mass is 468 g/mol. The fourth-order valence-electron chi connectivity index (χ4n) is 3.89. The molecule has 2 aromatic rings. The van der Waals surface area contributed by atoms with Gasteiger partial charge in [-0.1, -0.05) is 17.7 Å². The Balaban J connectivity index is 1.37. The summed E-state index contributed by atoms with van der Waals surface area (Å²) >= 11 is 6.29. The number of ether oxygens (including phenoxy) is 2. The second kappa shape index (κ2) is 9.54. The first-order valence-corrected chi connectivity index (χ1v) is 12.4. The minimum atomic E-state index is -3.22. The zero-order valence-corrected chi connectivity index (χ0v) is 18.5. The maximum absolute atomic E-state index is 12.8. The molecule has 11 heteroatoms. The van der Waals surface area contributed by atoms with Gasteiger partial charge in [-0.05, 0) is 31.7 Å². The van der Waals surface area contributed by atoms with Crippen molar-refractivity contribution in [2.75, 3.05) is 30.8 Å². The van der Waals surface area contributed by atoms with Crippen LogP contribution in [0.5, 0.6) is 5.88 Å². The van der Waals surface area contributed by atoms with Crippen LogP contribution in [0.4, 0.5) is 5.69 Å². The summed E-state index contributed by atoms with van der Waals surface area (Å²) in [6.07, 6.45) is 6.28. The summed E-state index contributed by atoms with van der Waals surface area (Å²) in [5.41, 5.74) is -0.0561. The Bertz CT molecular complexity index is 1050. The summed E-state index contributed by atoms with van der Waals surface area (Å²) in [6.45, 7) is 0.455.